The van der Waals surface area contributed by atoms with Crippen LogP contribution in [-0.4, -0.2) is 28.3 Å². The van der Waals surface area contributed by atoms with Crippen LogP contribution in [0.25, 0.3) is 11.3 Å². The van der Waals surface area contributed by atoms with Crippen LogP contribution in [0.5, 0.6) is 0 Å². The first-order chi connectivity index (χ1) is 19.0. The Bertz CT molecular complexity index is 1540. The molecule has 1 aromatic heterocycles. The molecule has 4 fully saturated rings. The molecule has 1 aliphatic heterocycles. The van der Waals surface area contributed by atoms with Crippen LogP contribution < -0.4 is 0 Å². The third-order valence-electron chi connectivity index (χ3n) is 11.6. The Morgan fingerprint density at radius 3 is 2.41 bits per heavy atom. The highest BCUT2D eigenvalue weighted by molar-refractivity contribution is 6.21. The first-order valence-electron chi connectivity index (χ1n) is 14.9. The predicted molar refractivity (Wildman–Crippen MR) is 152 cm³/mol. The summed E-state index contributed by atoms with van der Waals surface area (Å²) in [5.41, 5.74) is 6.34. The van der Waals surface area contributed by atoms with Gasteiger partial charge in [0, 0.05) is 46.8 Å². The van der Waals surface area contributed by atoms with Gasteiger partial charge in [0.1, 0.15) is 0 Å². The molecule has 1 saturated heterocycles. The first-order valence-corrected chi connectivity index (χ1v) is 14.9. The van der Waals surface area contributed by atoms with Gasteiger partial charge in [0.2, 0.25) is 5.91 Å². The van der Waals surface area contributed by atoms with Crippen LogP contribution in [0.1, 0.15) is 68.7 Å². The van der Waals surface area contributed by atoms with Crippen molar-refractivity contribution >= 4 is 17.4 Å². The van der Waals surface area contributed by atoms with Gasteiger partial charge in [0.05, 0.1) is 5.92 Å². The van der Waals surface area contributed by atoms with Crippen molar-refractivity contribution in [2.75, 3.05) is 7.05 Å². The molecule has 39 heavy (non-hydrogen) atoms. The second kappa shape index (κ2) is 8.06. The second-order valence-electron chi connectivity index (χ2n) is 13.0. The molecule has 4 heteroatoms. The van der Waals surface area contributed by atoms with Crippen LogP contribution in [0.2, 0.25) is 0 Å². The number of nitrogens with zero attached hydrogens (tertiary/aromatic N) is 2. The number of carbonyl (C=O) groups excluding carboxylic acids is 2. The van der Waals surface area contributed by atoms with Gasteiger partial charge in [-0.1, -0.05) is 61.9 Å². The van der Waals surface area contributed by atoms with Crippen LogP contribution >= 0.6 is 0 Å². The molecule has 0 N–H and O–H groups in total. The number of fused-ring (bicyclic) bond motifs is 7. The average Bonchev–Trinajstić information content (AvgIpc) is 3.71. The Morgan fingerprint density at radius 1 is 0.923 bits per heavy atom. The lowest BCUT2D eigenvalue weighted by Crippen LogP contribution is -2.50. The van der Waals surface area contributed by atoms with E-state index in [0.717, 1.165) is 40.8 Å². The van der Waals surface area contributed by atoms with Gasteiger partial charge >= 0.3 is 0 Å². The van der Waals surface area contributed by atoms with Crippen LogP contribution in [0.15, 0.2) is 78.5 Å². The summed E-state index contributed by atoms with van der Waals surface area (Å²) >= 11 is 0. The zero-order valence-corrected chi connectivity index (χ0v) is 22.9. The first kappa shape index (κ1) is 23.5. The molecule has 0 radical (unpaired) electrons. The lowest BCUT2D eigenvalue weighted by Gasteiger charge is -2.48. The van der Waals surface area contributed by atoms with Crippen molar-refractivity contribution < 1.29 is 9.59 Å². The van der Waals surface area contributed by atoms with Crippen molar-refractivity contribution in [3.05, 3.63) is 95.3 Å². The van der Waals surface area contributed by atoms with Crippen LogP contribution in [-0.2, 0) is 15.0 Å². The van der Waals surface area contributed by atoms with Gasteiger partial charge in [0.15, 0.2) is 0 Å². The summed E-state index contributed by atoms with van der Waals surface area (Å²) in [7, 11) is 1.70. The topological polar surface area (TPSA) is 42.3 Å². The lowest BCUT2D eigenvalue weighted by atomic mass is 9.54. The van der Waals surface area contributed by atoms with E-state index >= 15 is 0 Å². The standard InChI is InChI=1S/C35H36N2O2/c1-3-24-18-25-21-34(24)16-14-22(19-34)20-35(25)30-29(32(38)36(2)33(30)39)28(23-10-6-4-7-11-23)27-15-17-37(31(27)35)26-12-8-5-9-13-26/h4-13,15,17,22,24-25,30H,3,14,16,18-21H2,1-2H3. The Morgan fingerprint density at radius 2 is 1.67 bits per heavy atom. The zero-order chi connectivity index (χ0) is 26.5. The van der Waals surface area contributed by atoms with E-state index in [2.05, 4.69) is 66.2 Å². The fraction of sp³-hybridized carbons (Fsp3) is 0.429. The maximum atomic E-state index is 14.4. The minimum atomic E-state index is -0.424. The van der Waals surface area contributed by atoms with Crippen molar-refractivity contribution in [2.24, 2.45) is 29.1 Å². The summed E-state index contributed by atoms with van der Waals surface area (Å²) in [6, 6.07) is 23.1. The molecule has 3 saturated carbocycles. The van der Waals surface area contributed by atoms with Gasteiger partial charge in [-0.3, -0.25) is 14.5 Å². The van der Waals surface area contributed by atoms with Gasteiger partial charge in [0.25, 0.3) is 5.91 Å². The Labute approximate surface area is 230 Å². The molecule has 3 bridgehead atoms. The third-order valence-corrected chi connectivity index (χ3v) is 11.6. The van der Waals surface area contributed by atoms with Crippen LogP contribution in [0.3, 0.4) is 0 Å². The molecular formula is C35H36N2O2. The Kier molecular flexibility index (Phi) is 4.86. The molecule has 5 aliphatic rings. The van der Waals surface area contributed by atoms with Gasteiger partial charge in [-0.25, -0.2) is 0 Å². The predicted octanol–water partition coefficient (Wildman–Crippen LogP) is 6.77. The molecule has 2 amide bonds. The number of likely N-dealkylation sites (N-methyl/N-ethyl adjacent to an activating group) is 1. The zero-order valence-electron chi connectivity index (χ0n) is 22.9. The van der Waals surface area contributed by atoms with Crippen molar-refractivity contribution in [1.29, 1.82) is 0 Å². The third kappa shape index (κ3) is 2.90. The van der Waals surface area contributed by atoms with Crippen LogP contribution in [0.4, 0.5) is 0 Å². The van der Waals surface area contributed by atoms with Crippen molar-refractivity contribution in [3.8, 4) is 5.69 Å². The van der Waals surface area contributed by atoms with Crippen molar-refractivity contribution in [2.45, 2.75) is 57.3 Å². The SMILES string of the molecule is CCC1CC2CC13CCC(C3)CC21c2c(ccn2-c2ccccc2)C(c2ccccc2)=C2C(=O)N(C)C(=O)C21. The molecule has 2 heterocycles. The summed E-state index contributed by atoms with van der Waals surface area (Å²) in [4.78, 5) is 29.9. The number of carbonyl (C=O) groups is 2. The number of amides is 2. The molecule has 198 valence electrons. The second-order valence-corrected chi connectivity index (χ2v) is 13.0. The number of rotatable bonds is 3. The number of hydrogen-bond acceptors (Lipinski definition) is 2. The fourth-order valence-corrected chi connectivity index (χ4v) is 10.2. The molecule has 6 unspecified atom stereocenters. The monoisotopic (exact) mass is 516 g/mol. The summed E-state index contributed by atoms with van der Waals surface area (Å²) in [5.74, 6) is 1.18. The molecule has 2 spiro atoms. The van der Waals surface area contributed by atoms with Crippen LogP contribution in [0, 0.1) is 29.1 Å². The minimum absolute atomic E-state index is 0.00154. The molecule has 2 aromatic carbocycles. The van der Waals surface area contributed by atoms with Crippen molar-refractivity contribution in [3.63, 3.8) is 0 Å². The fourth-order valence-electron chi connectivity index (χ4n) is 10.2. The van der Waals surface area contributed by atoms with E-state index in [-0.39, 0.29) is 17.2 Å². The molecule has 6 atom stereocenters. The molecular weight excluding hydrogens is 480 g/mol. The van der Waals surface area contributed by atoms with E-state index in [9.17, 15) is 9.59 Å². The summed E-state index contributed by atoms with van der Waals surface area (Å²) in [5, 5.41) is 0. The highest BCUT2D eigenvalue weighted by Crippen LogP contribution is 2.71. The highest BCUT2D eigenvalue weighted by Gasteiger charge is 2.68. The quantitative estimate of drug-likeness (QED) is 0.361. The smallest absolute Gasteiger partial charge is 0.257 e. The molecule has 4 aliphatic carbocycles. The van der Waals surface area contributed by atoms with Gasteiger partial charge < -0.3 is 4.57 Å². The number of aromatic nitrogens is 1. The van der Waals surface area contributed by atoms with Gasteiger partial charge in [-0.05, 0) is 85.5 Å². The number of imide groups is 1. The highest BCUT2D eigenvalue weighted by atomic mass is 16.2. The normalized spacial score (nSPS) is 34.6. The van der Waals surface area contributed by atoms with Crippen molar-refractivity contribution in [1.82, 2.24) is 9.47 Å². The van der Waals surface area contributed by atoms with E-state index in [1.807, 2.05) is 18.2 Å². The number of likely N-dealkylation sites (tertiary alicyclic amines) is 1. The number of hydrogen-bond donors (Lipinski definition) is 0. The van der Waals surface area contributed by atoms with Gasteiger partial charge in [-0.2, -0.15) is 0 Å². The Hall–Kier alpha value is -3.40. The van der Waals surface area contributed by atoms with E-state index in [1.165, 1.54) is 42.7 Å². The average molecular weight is 517 g/mol. The maximum Gasteiger partial charge on any atom is 0.257 e. The maximum absolute atomic E-state index is 14.4. The van der Waals surface area contributed by atoms with E-state index in [1.54, 1.807) is 7.05 Å². The molecule has 8 rings (SSSR count). The number of para-hydroxylation sites is 1. The largest absolute Gasteiger partial charge is 0.320 e. The van der Waals surface area contributed by atoms with E-state index < -0.39 is 5.92 Å². The van der Waals surface area contributed by atoms with Gasteiger partial charge in [-0.15, -0.1) is 0 Å². The summed E-state index contributed by atoms with van der Waals surface area (Å²) < 4.78 is 2.38. The minimum Gasteiger partial charge on any atom is -0.320 e. The molecule has 4 nitrogen and oxygen atoms in total. The molecule has 3 aromatic rings. The summed E-state index contributed by atoms with van der Waals surface area (Å²) in [6.45, 7) is 2.37. The summed E-state index contributed by atoms with van der Waals surface area (Å²) in [6.07, 6.45) is 10.7. The lowest BCUT2D eigenvalue weighted by molar-refractivity contribution is -0.138. The van der Waals surface area contributed by atoms with E-state index in [0.29, 0.717) is 23.2 Å². The Balaban J connectivity index is 1.48. The number of benzene rings is 2. The van der Waals surface area contributed by atoms with E-state index in [4.69, 9.17) is 0 Å².